The summed E-state index contributed by atoms with van der Waals surface area (Å²) in [5.74, 6) is 1.36. The summed E-state index contributed by atoms with van der Waals surface area (Å²) in [6.07, 6.45) is 9.90. The number of allylic oxidation sites excluding steroid dienone is 3. The lowest BCUT2D eigenvalue weighted by Gasteiger charge is -2.19. The monoisotopic (exact) mass is 515 g/mol. The standard InChI is InChI=1S/C30H37N5O3/c1-7-12-24(22-20-31-23-15-11-10-14-21(22)23)32-29(13-8-2)33-25-18-26(34-30(36)9-3)28(19-27(25)37-6)38-17-16-35(4)5/h7,9-15,18-20,31,33H,3,8,16-17H2,1-2,4-6H3,(H,34,36)/b12-7-,29-13-,32-24+. The van der Waals surface area contributed by atoms with E-state index in [9.17, 15) is 4.79 Å². The third-order valence-electron chi connectivity index (χ3n) is 5.63. The molecule has 1 aromatic heterocycles. The Kier molecular flexibility index (Phi) is 10.3. The van der Waals surface area contributed by atoms with E-state index in [1.165, 1.54) is 6.08 Å². The number of para-hydroxylation sites is 1. The van der Waals surface area contributed by atoms with Crippen LogP contribution in [0.3, 0.4) is 0 Å². The predicted molar refractivity (Wildman–Crippen MR) is 158 cm³/mol. The van der Waals surface area contributed by atoms with Crippen LogP contribution in [0.15, 0.2) is 84.3 Å². The van der Waals surface area contributed by atoms with E-state index < -0.39 is 0 Å². The molecule has 0 spiro atoms. The Balaban J connectivity index is 2.03. The van der Waals surface area contributed by atoms with Gasteiger partial charge in [0.2, 0.25) is 5.91 Å². The summed E-state index contributed by atoms with van der Waals surface area (Å²) in [7, 11) is 5.53. The van der Waals surface area contributed by atoms with Crippen molar-refractivity contribution in [3.8, 4) is 11.5 Å². The number of anilines is 2. The Labute approximate surface area is 224 Å². The zero-order valence-electron chi connectivity index (χ0n) is 22.8. The molecule has 0 unspecified atom stereocenters. The number of aromatic nitrogens is 1. The van der Waals surface area contributed by atoms with Crippen molar-refractivity contribution in [3.05, 3.63) is 84.9 Å². The van der Waals surface area contributed by atoms with Gasteiger partial charge >= 0.3 is 0 Å². The Morgan fingerprint density at radius 3 is 2.61 bits per heavy atom. The van der Waals surface area contributed by atoms with Crippen LogP contribution >= 0.6 is 0 Å². The van der Waals surface area contributed by atoms with Crippen molar-refractivity contribution in [2.75, 3.05) is 45.0 Å². The molecule has 2 aromatic carbocycles. The summed E-state index contributed by atoms with van der Waals surface area (Å²) >= 11 is 0. The Hall–Kier alpha value is -4.30. The highest BCUT2D eigenvalue weighted by Gasteiger charge is 2.15. The Bertz CT molecular complexity index is 1350. The zero-order valence-corrected chi connectivity index (χ0v) is 22.8. The van der Waals surface area contributed by atoms with E-state index in [-0.39, 0.29) is 5.91 Å². The van der Waals surface area contributed by atoms with E-state index in [1.54, 1.807) is 19.2 Å². The van der Waals surface area contributed by atoms with Crippen LogP contribution in [0.1, 0.15) is 25.8 Å². The number of nitrogens with zero attached hydrogens (tertiary/aromatic N) is 2. The summed E-state index contributed by atoms with van der Waals surface area (Å²) < 4.78 is 11.7. The maximum Gasteiger partial charge on any atom is 0.247 e. The van der Waals surface area contributed by atoms with Gasteiger partial charge in [0, 0.05) is 35.3 Å². The van der Waals surface area contributed by atoms with Crippen molar-refractivity contribution in [3.63, 3.8) is 0 Å². The Morgan fingerprint density at radius 1 is 1.16 bits per heavy atom. The normalized spacial score (nSPS) is 12.3. The highest BCUT2D eigenvalue weighted by molar-refractivity contribution is 6.16. The molecule has 0 fully saturated rings. The number of likely N-dealkylation sites (N-methyl/N-ethyl adjacent to an activating group) is 1. The fourth-order valence-electron chi connectivity index (χ4n) is 3.78. The van der Waals surface area contributed by atoms with Crippen LogP contribution in [0.25, 0.3) is 10.9 Å². The number of nitrogens with one attached hydrogen (secondary N) is 3. The van der Waals surface area contributed by atoms with Crippen molar-refractivity contribution in [1.82, 2.24) is 9.88 Å². The molecule has 0 radical (unpaired) electrons. The molecule has 0 aliphatic carbocycles. The smallest absolute Gasteiger partial charge is 0.247 e. The number of carbonyl (C=O) groups is 1. The molecule has 0 atom stereocenters. The number of methoxy groups -OCH3 is 1. The van der Waals surface area contributed by atoms with Gasteiger partial charge in [0.15, 0.2) is 0 Å². The lowest BCUT2D eigenvalue weighted by atomic mass is 10.1. The summed E-state index contributed by atoms with van der Waals surface area (Å²) in [5.41, 5.74) is 3.98. The second-order valence-corrected chi connectivity index (χ2v) is 8.76. The van der Waals surface area contributed by atoms with Crippen LogP contribution in [0, 0.1) is 0 Å². The largest absolute Gasteiger partial charge is 0.494 e. The second-order valence-electron chi connectivity index (χ2n) is 8.76. The van der Waals surface area contributed by atoms with Crippen molar-refractivity contribution in [1.29, 1.82) is 0 Å². The van der Waals surface area contributed by atoms with Gasteiger partial charge in [-0.3, -0.25) is 4.79 Å². The molecule has 38 heavy (non-hydrogen) atoms. The van der Waals surface area contributed by atoms with Gasteiger partial charge in [0.1, 0.15) is 23.9 Å². The molecule has 0 bridgehead atoms. The first-order valence-electron chi connectivity index (χ1n) is 12.6. The fourth-order valence-corrected chi connectivity index (χ4v) is 3.78. The number of carbonyl (C=O) groups excluding carboxylic acids is 1. The molecule has 0 aliphatic rings. The van der Waals surface area contributed by atoms with Crippen molar-refractivity contribution >= 4 is 33.9 Å². The third kappa shape index (κ3) is 7.36. The predicted octanol–water partition coefficient (Wildman–Crippen LogP) is 5.97. The average Bonchev–Trinajstić information content (AvgIpc) is 3.33. The third-order valence-corrected chi connectivity index (χ3v) is 5.63. The topological polar surface area (TPSA) is 91.0 Å². The Morgan fingerprint density at radius 2 is 1.92 bits per heavy atom. The van der Waals surface area contributed by atoms with Gasteiger partial charge in [-0.2, -0.15) is 0 Å². The number of H-pyrrole nitrogens is 1. The quantitative estimate of drug-likeness (QED) is 0.193. The van der Waals surface area contributed by atoms with Gasteiger partial charge < -0.3 is 30.0 Å². The minimum atomic E-state index is -0.337. The summed E-state index contributed by atoms with van der Waals surface area (Å²) in [6.45, 7) is 8.74. The molecule has 3 aromatic rings. The number of benzene rings is 2. The lowest BCUT2D eigenvalue weighted by Crippen LogP contribution is -2.20. The maximum atomic E-state index is 12.2. The van der Waals surface area contributed by atoms with Crippen LogP contribution in [0.2, 0.25) is 0 Å². The highest BCUT2D eigenvalue weighted by atomic mass is 16.5. The molecule has 8 heteroatoms. The number of ether oxygens (including phenoxy) is 2. The number of amides is 1. The molecule has 0 saturated heterocycles. The van der Waals surface area contributed by atoms with E-state index in [0.29, 0.717) is 35.3 Å². The minimum Gasteiger partial charge on any atom is -0.494 e. The van der Waals surface area contributed by atoms with E-state index >= 15 is 0 Å². The molecule has 0 aliphatic heterocycles. The zero-order chi connectivity index (χ0) is 27.5. The van der Waals surface area contributed by atoms with Gasteiger partial charge in [0.05, 0.1) is 24.2 Å². The molecule has 1 heterocycles. The fraction of sp³-hybridized carbons (Fsp3) is 0.267. The van der Waals surface area contributed by atoms with Crippen molar-refractivity contribution in [2.45, 2.75) is 20.3 Å². The molecule has 8 nitrogen and oxygen atoms in total. The molecule has 200 valence electrons. The number of aromatic amines is 1. The highest BCUT2D eigenvalue weighted by Crippen LogP contribution is 2.37. The summed E-state index contributed by atoms with van der Waals surface area (Å²) in [6, 6.07) is 11.7. The molecule has 0 saturated carbocycles. The molecular weight excluding hydrogens is 478 g/mol. The van der Waals surface area contributed by atoms with Crippen molar-refractivity contribution in [2.24, 2.45) is 4.99 Å². The van der Waals surface area contributed by atoms with Gasteiger partial charge in [-0.1, -0.05) is 37.8 Å². The van der Waals surface area contributed by atoms with Crippen LogP contribution in [0.4, 0.5) is 11.4 Å². The molecule has 1 amide bonds. The second kappa shape index (κ2) is 13.9. The van der Waals surface area contributed by atoms with Gasteiger partial charge in [0.25, 0.3) is 0 Å². The van der Waals surface area contributed by atoms with Gasteiger partial charge in [-0.05, 0) is 57.8 Å². The van der Waals surface area contributed by atoms with Crippen molar-refractivity contribution < 1.29 is 14.3 Å². The minimum absolute atomic E-state index is 0.337. The van der Waals surface area contributed by atoms with E-state index in [1.807, 2.05) is 75.5 Å². The molecular formula is C30H37N5O3. The SMILES string of the molecule is C=CC(=O)Nc1cc(NC(=C\CC)/N=C(\C=C/C)c2c[nH]c3ccccc23)c(OC)cc1OCCN(C)C. The first-order valence-corrected chi connectivity index (χ1v) is 12.6. The number of aliphatic imine (C=N–C) groups is 1. The lowest BCUT2D eigenvalue weighted by molar-refractivity contribution is -0.111. The first kappa shape index (κ1) is 28.3. The van der Waals surface area contributed by atoms with E-state index in [0.717, 1.165) is 35.1 Å². The average molecular weight is 516 g/mol. The van der Waals surface area contributed by atoms with Crippen LogP contribution < -0.4 is 20.1 Å². The summed E-state index contributed by atoms with van der Waals surface area (Å²) in [4.78, 5) is 22.5. The van der Waals surface area contributed by atoms with Crippen LogP contribution in [-0.4, -0.2) is 55.9 Å². The van der Waals surface area contributed by atoms with Gasteiger partial charge in [-0.15, -0.1) is 0 Å². The number of rotatable bonds is 13. The summed E-state index contributed by atoms with van der Waals surface area (Å²) in [5, 5.41) is 7.32. The molecule has 3 N–H and O–H groups in total. The van der Waals surface area contributed by atoms with Crippen LogP contribution in [0.5, 0.6) is 11.5 Å². The van der Waals surface area contributed by atoms with E-state index in [2.05, 4.69) is 28.3 Å². The number of hydrogen-bond donors (Lipinski definition) is 3. The van der Waals surface area contributed by atoms with E-state index in [4.69, 9.17) is 14.5 Å². The molecule has 3 rings (SSSR count). The number of hydrogen-bond acceptors (Lipinski definition) is 6. The van der Waals surface area contributed by atoms with Crippen LogP contribution in [-0.2, 0) is 4.79 Å². The number of fused-ring (bicyclic) bond motifs is 1. The maximum absolute atomic E-state index is 12.2. The first-order chi connectivity index (χ1) is 18.4. The van der Waals surface area contributed by atoms with Gasteiger partial charge in [-0.25, -0.2) is 4.99 Å².